The monoisotopic (exact) mass is 232 g/mol. The number of hydrogen-bond acceptors (Lipinski definition) is 3. The van der Waals surface area contributed by atoms with E-state index in [1.54, 1.807) is 6.92 Å². The highest BCUT2D eigenvalue weighted by molar-refractivity contribution is 6.32. The van der Waals surface area contributed by atoms with Crippen LogP contribution in [0.2, 0.25) is 5.02 Å². The highest BCUT2D eigenvalue weighted by Crippen LogP contribution is 2.27. The fourth-order valence-corrected chi connectivity index (χ4v) is 1.29. The predicted molar refractivity (Wildman–Crippen MR) is 53.9 cm³/mol. The quantitative estimate of drug-likeness (QED) is 0.752. The number of halogens is 2. The number of methoxy groups -OCH3 is 1. The topological polar surface area (TPSA) is 35.5 Å². The van der Waals surface area contributed by atoms with Crippen molar-refractivity contribution in [3.05, 3.63) is 28.5 Å². The van der Waals surface area contributed by atoms with Crippen LogP contribution in [0, 0.1) is 5.82 Å². The van der Waals surface area contributed by atoms with Crippen molar-refractivity contribution in [2.75, 3.05) is 13.7 Å². The van der Waals surface area contributed by atoms with Gasteiger partial charge >= 0.3 is 5.97 Å². The third kappa shape index (κ3) is 2.59. The van der Waals surface area contributed by atoms with Gasteiger partial charge in [0.25, 0.3) is 0 Å². The lowest BCUT2D eigenvalue weighted by Crippen LogP contribution is -2.07. The molecule has 0 aliphatic heterocycles. The first-order chi connectivity index (χ1) is 7.10. The van der Waals surface area contributed by atoms with Crippen molar-refractivity contribution in [3.8, 4) is 5.75 Å². The Balaban J connectivity index is 3.10. The van der Waals surface area contributed by atoms with E-state index in [1.165, 1.54) is 13.2 Å². The fraction of sp³-hybridized carbons (Fsp3) is 0.300. The molecule has 0 N–H and O–H groups in total. The Hall–Kier alpha value is -1.29. The van der Waals surface area contributed by atoms with Crippen LogP contribution >= 0.6 is 11.6 Å². The van der Waals surface area contributed by atoms with Crippen molar-refractivity contribution in [1.29, 1.82) is 0 Å². The van der Waals surface area contributed by atoms with Crippen LogP contribution in [0.3, 0.4) is 0 Å². The Bertz CT molecular complexity index is 379. The van der Waals surface area contributed by atoms with E-state index in [9.17, 15) is 9.18 Å². The first-order valence-electron chi connectivity index (χ1n) is 4.30. The Morgan fingerprint density at radius 1 is 1.53 bits per heavy atom. The summed E-state index contributed by atoms with van der Waals surface area (Å²) in [6.07, 6.45) is 0. The smallest absolute Gasteiger partial charge is 0.341 e. The molecule has 0 bridgehead atoms. The molecule has 0 heterocycles. The zero-order valence-electron chi connectivity index (χ0n) is 8.34. The molecule has 0 aliphatic rings. The predicted octanol–water partition coefficient (Wildman–Crippen LogP) is 2.66. The van der Waals surface area contributed by atoms with E-state index in [1.807, 2.05) is 0 Å². The number of esters is 1. The summed E-state index contributed by atoms with van der Waals surface area (Å²) in [5, 5.41) is 0.168. The van der Waals surface area contributed by atoms with Gasteiger partial charge in [0.15, 0.2) is 0 Å². The lowest BCUT2D eigenvalue weighted by Gasteiger charge is -2.07. The van der Waals surface area contributed by atoms with Gasteiger partial charge in [-0.1, -0.05) is 11.6 Å². The summed E-state index contributed by atoms with van der Waals surface area (Å²) in [5.41, 5.74) is -0.192. The van der Waals surface area contributed by atoms with E-state index >= 15 is 0 Å². The van der Waals surface area contributed by atoms with Gasteiger partial charge in [0.05, 0.1) is 24.3 Å². The number of carbonyl (C=O) groups excluding carboxylic acids is 1. The third-order valence-electron chi connectivity index (χ3n) is 1.74. The van der Waals surface area contributed by atoms with E-state index in [2.05, 4.69) is 4.74 Å². The lowest BCUT2D eigenvalue weighted by molar-refractivity contribution is 0.0521. The summed E-state index contributed by atoms with van der Waals surface area (Å²) in [6, 6.07) is 2.24. The van der Waals surface area contributed by atoms with Crippen LogP contribution in [0.15, 0.2) is 12.1 Å². The summed E-state index contributed by atoms with van der Waals surface area (Å²) in [5.74, 6) is -1.27. The Labute approximate surface area is 91.7 Å². The molecular weight excluding hydrogens is 223 g/mol. The van der Waals surface area contributed by atoms with Gasteiger partial charge in [-0.2, -0.15) is 0 Å². The Morgan fingerprint density at radius 2 is 2.20 bits per heavy atom. The Kier molecular flexibility index (Phi) is 3.91. The maximum Gasteiger partial charge on any atom is 0.341 e. The van der Waals surface area contributed by atoms with Crippen LogP contribution in [0.5, 0.6) is 5.75 Å². The zero-order valence-corrected chi connectivity index (χ0v) is 9.10. The zero-order chi connectivity index (χ0) is 11.4. The van der Waals surface area contributed by atoms with Gasteiger partial charge in [0, 0.05) is 6.07 Å². The molecule has 0 radical (unpaired) electrons. The molecule has 3 nitrogen and oxygen atoms in total. The largest absolute Gasteiger partial charge is 0.495 e. The molecule has 0 spiro atoms. The number of benzene rings is 1. The second-order valence-corrected chi connectivity index (χ2v) is 3.09. The van der Waals surface area contributed by atoms with Gasteiger partial charge in [0.2, 0.25) is 0 Å². The summed E-state index contributed by atoms with van der Waals surface area (Å²) in [6.45, 7) is 1.82. The molecule has 0 amide bonds. The minimum atomic E-state index is -0.737. The molecule has 0 atom stereocenters. The van der Waals surface area contributed by atoms with Crippen LogP contribution in [0.4, 0.5) is 4.39 Å². The van der Waals surface area contributed by atoms with Crippen LogP contribution in [-0.4, -0.2) is 19.7 Å². The Morgan fingerprint density at radius 3 is 2.73 bits per heavy atom. The molecule has 0 aliphatic carbocycles. The van der Waals surface area contributed by atoms with Crippen LogP contribution < -0.4 is 4.74 Å². The maximum atomic E-state index is 13.4. The molecule has 0 unspecified atom stereocenters. The third-order valence-corrected chi connectivity index (χ3v) is 2.03. The maximum absolute atomic E-state index is 13.4. The number of hydrogen-bond donors (Lipinski definition) is 0. The van der Waals surface area contributed by atoms with E-state index in [0.29, 0.717) is 0 Å². The first kappa shape index (κ1) is 11.8. The normalized spacial score (nSPS) is 9.87. The van der Waals surface area contributed by atoms with Gasteiger partial charge < -0.3 is 9.47 Å². The molecule has 1 aromatic carbocycles. The molecule has 0 saturated carbocycles. The second kappa shape index (κ2) is 4.98. The molecule has 1 aromatic rings. The molecule has 15 heavy (non-hydrogen) atoms. The van der Waals surface area contributed by atoms with Gasteiger partial charge in [-0.25, -0.2) is 9.18 Å². The lowest BCUT2D eigenvalue weighted by atomic mass is 10.2. The minimum Gasteiger partial charge on any atom is -0.495 e. The average molecular weight is 233 g/mol. The van der Waals surface area contributed by atoms with E-state index in [4.69, 9.17) is 16.3 Å². The van der Waals surface area contributed by atoms with Gasteiger partial charge in [-0.05, 0) is 13.0 Å². The second-order valence-electron chi connectivity index (χ2n) is 2.69. The summed E-state index contributed by atoms with van der Waals surface area (Å²) in [4.78, 5) is 11.3. The first-order valence-corrected chi connectivity index (χ1v) is 4.68. The van der Waals surface area contributed by atoms with Crippen molar-refractivity contribution >= 4 is 17.6 Å². The van der Waals surface area contributed by atoms with Crippen LogP contribution in [0.1, 0.15) is 17.3 Å². The highest BCUT2D eigenvalue weighted by atomic mass is 35.5. The van der Waals surface area contributed by atoms with Gasteiger partial charge in [0.1, 0.15) is 11.6 Å². The van der Waals surface area contributed by atoms with Gasteiger partial charge in [-0.3, -0.25) is 0 Å². The highest BCUT2D eigenvalue weighted by Gasteiger charge is 2.16. The van der Waals surface area contributed by atoms with Gasteiger partial charge in [-0.15, -0.1) is 0 Å². The van der Waals surface area contributed by atoms with Crippen molar-refractivity contribution < 1.29 is 18.7 Å². The van der Waals surface area contributed by atoms with Crippen molar-refractivity contribution in [3.63, 3.8) is 0 Å². The van der Waals surface area contributed by atoms with E-state index in [-0.39, 0.29) is 22.9 Å². The molecule has 5 heteroatoms. The minimum absolute atomic E-state index is 0.168. The van der Waals surface area contributed by atoms with Crippen LogP contribution in [-0.2, 0) is 4.74 Å². The number of rotatable bonds is 3. The molecule has 1 rings (SSSR count). The fourth-order valence-electron chi connectivity index (χ4n) is 1.05. The van der Waals surface area contributed by atoms with E-state index in [0.717, 1.165) is 6.07 Å². The van der Waals surface area contributed by atoms with Crippen molar-refractivity contribution in [2.24, 2.45) is 0 Å². The van der Waals surface area contributed by atoms with Crippen molar-refractivity contribution in [1.82, 2.24) is 0 Å². The number of ether oxygens (including phenoxy) is 2. The standard InChI is InChI=1S/C10H10ClFO3/c1-3-15-10(13)6-4-7(11)9(14-2)5-8(6)12/h4-5H,3H2,1-2H3. The SMILES string of the molecule is CCOC(=O)c1cc(Cl)c(OC)cc1F. The molecule has 0 aromatic heterocycles. The summed E-state index contributed by atoms with van der Waals surface area (Å²) >= 11 is 5.75. The molecular formula is C10H10ClFO3. The summed E-state index contributed by atoms with van der Waals surface area (Å²) in [7, 11) is 1.37. The number of carbonyl (C=O) groups is 1. The van der Waals surface area contributed by atoms with Crippen molar-refractivity contribution in [2.45, 2.75) is 6.92 Å². The van der Waals surface area contributed by atoms with Crippen LogP contribution in [0.25, 0.3) is 0 Å². The van der Waals surface area contributed by atoms with E-state index < -0.39 is 11.8 Å². The molecule has 0 saturated heterocycles. The molecule has 0 fully saturated rings. The summed E-state index contributed by atoms with van der Waals surface area (Å²) < 4.78 is 22.8. The molecule has 82 valence electrons. The average Bonchev–Trinajstić information content (AvgIpc) is 2.21.